The SMILES string of the molecule is N[C@@H]1CCN(Cc2ccccc2C(F)(F)F)C1. The fourth-order valence-electron chi connectivity index (χ4n) is 2.18. The van der Waals surface area contributed by atoms with E-state index >= 15 is 0 Å². The van der Waals surface area contributed by atoms with E-state index in [1.54, 1.807) is 6.07 Å². The molecule has 1 heterocycles. The number of alkyl halides is 3. The molecule has 1 atom stereocenters. The second-order valence-corrected chi connectivity index (χ2v) is 4.44. The zero-order valence-electron chi connectivity index (χ0n) is 9.37. The van der Waals surface area contributed by atoms with Gasteiger partial charge in [-0.15, -0.1) is 0 Å². The molecule has 0 bridgehead atoms. The van der Waals surface area contributed by atoms with E-state index < -0.39 is 11.7 Å². The summed E-state index contributed by atoms with van der Waals surface area (Å²) in [4.78, 5) is 1.97. The number of likely N-dealkylation sites (tertiary alicyclic amines) is 1. The molecule has 0 aliphatic carbocycles. The largest absolute Gasteiger partial charge is 0.416 e. The van der Waals surface area contributed by atoms with Gasteiger partial charge < -0.3 is 5.73 Å². The number of hydrogen-bond acceptors (Lipinski definition) is 2. The van der Waals surface area contributed by atoms with Crippen molar-refractivity contribution in [1.82, 2.24) is 4.90 Å². The van der Waals surface area contributed by atoms with E-state index in [1.807, 2.05) is 4.90 Å². The van der Waals surface area contributed by atoms with Crippen LogP contribution < -0.4 is 5.73 Å². The van der Waals surface area contributed by atoms with E-state index in [-0.39, 0.29) is 6.04 Å². The second-order valence-electron chi connectivity index (χ2n) is 4.44. The molecule has 2 N–H and O–H groups in total. The highest BCUT2D eigenvalue weighted by Gasteiger charge is 2.33. The Morgan fingerprint density at radius 1 is 1.29 bits per heavy atom. The lowest BCUT2D eigenvalue weighted by molar-refractivity contribution is -0.138. The van der Waals surface area contributed by atoms with Crippen molar-refractivity contribution in [2.45, 2.75) is 25.2 Å². The smallest absolute Gasteiger partial charge is 0.326 e. The van der Waals surface area contributed by atoms with Crippen LogP contribution in [0.25, 0.3) is 0 Å². The summed E-state index contributed by atoms with van der Waals surface area (Å²) in [6.07, 6.45) is -3.42. The van der Waals surface area contributed by atoms with Crippen molar-refractivity contribution in [2.24, 2.45) is 5.73 Å². The summed E-state index contributed by atoms with van der Waals surface area (Å²) in [6.45, 7) is 1.77. The van der Waals surface area contributed by atoms with Crippen LogP contribution in [0.15, 0.2) is 24.3 Å². The van der Waals surface area contributed by atoms with Gasteiger partial charge in [-0.3, -0.25) is 4.90 Å². The van der Waals surface area contributed by atoms with E-state index in [4.69, 9.17) is 5.73 Å². The molecule has 2 nitrogen and oxygen atoms in total. The Morgan fingerprint density at radius 3 is 2.59 bits per heavy atom. The van der Waals surface area contributed by atoms with Crippen molar-refractivity contribution in [3.8, 4) is 0 Å². The van der Waals surface area contributed by atoms with Crippen LogP contribution in [0.4, 0.5) is 13.2 Å². The molecule has 0 amide bonds. The first kappa shape index (κ1) is 12.4. The van der Waals surface area contributed by atoms with Gasteiger partial charge in [-0.05, 0) is 18.1 Å². The Hall–Kier alpha value is -1.07. The molecule has 1 aromatic rings. The first-order chi connectivity index (χ1) is 7.97. The van der Waals surface area contributed by atoms with Gasteiger partial charge >= 0.3 is 6.18 Å². The molecule has 1 aromatic carbocycles. The fraction of sp³-hybridized carbons (Fsp3) is 0.500. The van der Waals surface area contributed by atoms with Crippen LogP contribution >= 0.6 is 0 Å². The minimum atomic E-state index is -4.28. The lowest BCUT2D eigenvalue weighted by Crippen LogP contribution is -2.27. The Bertz CT molecular complexity index is 390. The third kappa shape index (κ3) is 2.98. The minimum Gasteiger partial charge on any atom is -0.326 e. The van der Waals surface area contributed by atoms with Crippen molar-refractivity contribution in [2.75, 3.05) is 13.1 Å². The Labute approximate surface area is 98.2 Å². The van der Waals surface area contributed by atoms with E-state index in [9.17, 15) is 13.2 Å². The van der Waals surface area contributed by atoms with Crippen LogP contribution in [-0.4, -0.2) is 24.0 Å². The summed E-state index contributed by atoms with van der Waals surface area (Å²) >= 11 is 0. The zero-order chi connectivity index (χ0) is 12.5. The van der Waals surface area contributed by atoms with Crippen molar-refractivity contribution in [3.63, 3.8) is 0 Å². The molecule has 0 radical (unpaired) electrons. The van der Waals surface area contributed by atoms with Crippen molar-refractivity contribution < 1.29 is 13.2 Å². The highest BCUT2D eigenvalue weighted by molar-refractivity contribution is 5.29. The molecular formula is C12H15F3N2. The van der Waals surface area contributed by atoms with Crippen LogP contribution in [0.3, 0.4) is 0 Å². The molecule has 1 fully saturated rings. The van der Waals surface area contributed by atoms with Gasteiger partial charge in [-0.1, -0.05) is 18.2 Å². The van der Waals surface area contributed by atoms with Crippen LogP contribution in [-0.2, 0) is 12.7 Å². The normalized spacial score (nSPS) is 22.0. The topological polar surface area (TPSA) is 29.3 Å². The van der Waals surface area contributed by atoms with Crippen LogP contribution in [0.2, 0.25) is 0 Å². The third-order valence-corrected chi connectivity index (χ3v) is 3.03. The van der Waals surface area contributed by atoms with Crippen LogP contribution in [0.1, 0.15) is 17.5 Å². The summed E-state index contributed by atoms with van der Waals surface area (Å²) < 4.78 is 38.3. The first-order valence-electron chi connectivity index (χ1n) is 5.60. The lowest BCUT2D eigenvalue weighted by Gasteiger charge is -2.18. The van der Waals surface area contributed by atoms with Gasteiger partial charge in [-0.25, -0.2) is 0 Å². The van der Waals surface area contributed by atoms with Crippen LogP contribution in [0.5, 0.6) is 0 Å². The molecule has 1 aliphatic rings. The van der Waals surface area contributed by atoms with E-state index in [2.05, 4.69) is 0 Å². The maximum Gasteiger partial charge on any atom is 0.416 e. The number of halogens is 3. The maximum absolute atomic E-state index is 12.8. The molecule has 0 aromatic heterocycles. The first-order valence-corrected chi connectivity index (χ1v) is 5.60. The molecule has 0 saturated carbocycles. The summed E-state index contributed by atoms with van der Waals surface area (Å²) in [5.74, 6) is 0. The maximum atomic E-state index is 12.8. The monoisotopic (exact) mass is 244 g/mol. The minimum absolute atomic E-state index is 0.0908. The number of nitrogens with two attached hydrogens (primary N) is 1. The molecule has 5 heteroatoms. The fourth-order valence-corrected chi connectivity index (χ4v) is 2.18. The number of hydrogen-bond donors (Lipinski definition) is 1. The van der Waals surface area contributed by atoms with Gasteiger partial charge in [-0.2, -0.15) is 13.2 Å². The average molecular weight is 244 g/mol. The van der Waals surface area contributed by atoms with Crippen molar-refractivity contribution in [3.05, 3.63) is 35.4 Å². The number of rotatable bonds is 2. The summed E-state index contributed by atoms with van der Waals surface area (Å²) in [7, 11) is 0. The zero-order valence-corrected chi connectivity index (χ0v) is 9.37. The molecule has 1 aliphatic heterocycles. The van der Waals surface area contributed by atoms with Gasteiger partial charge in [0, 0.05) is 25.7 Å². The van der Waals surface area contributed by atoms with Gasteiger partial charge in [0.1, 0.15) is 0 Å². The summed E-state index contributed by atoms with van der Waals surface area (Å²) in [5, 5.41) is 0. The van der Waals surface area contributed by atoms with Crippen molar-refractivity contribution in [1.29, 1.82) is 0 Å². The van der Waals surface area contributed by atoms with Gasteiger partial charge in [0.15, 0.2) is 0 Å². The van der Waals surface area contributed by atoms with E-state index in [0.29, 0.717) is 18.7 Å². The third-order valence-electron chi connectivity index (χ3n) is 3.03. The van der Waals surface area contributed by atoms with E-state index in [0.717, 1.165) is 19.0 Å². The Morgan fingerprint density at radius 2 is 2.00 bits per heavy atom. The summed E-state index contributed by atoms with van der Waals surface area (Å²) in [6, 6.07) is 5.81. The molecule has 0 spiro atoms. The Balaban J connectivity index is 2.15. The average Bonchev–Trinajstić information content (AvgIpc) is 2.63. The predicted molar refractivity (Wildman–Crippen MR) is 59.3 cm³/mol. The molecule has 17 heavy (non-hydrogen) atoms. The quantitative estimate of drug-likeness (QED) is 0.864. The molecule has 0 unspecified atom stereocenters. The van der Waals surface area contributed by atoms with E-state index in [1.165, 1.54) is 12.1 Å². The lowest BCUT2D eigenvalue weighted by atomic mass is 10.1. The van der Waals surface area contributed by atoms with Crippen LogP contribution in [0, 0.1) is 0 Å². The molecular weight excluding hydrogens is 229 g/mol. The summed E-state index contributed by atoms with van der Waals surface area (Å²) in [5.41, 5.74) is 5.53. The predicted octanol–water partition coefficient (Wildman–Crippen LogP) is 2.24. The second kappa shape index (κ2) is 4.66. The molecule has 1 saturated heterocycles. The van der Waals surface area contributed by atoms with Gasteiger partial charge in [0.2, 0.25) is 0 Å². The molecule has 2 rings (SSSR count). The van der Waals surface area contributed by atoms with Crippen molar-refractivity contribution >= 4 is 0 Å². The highest BCUT2D eigenvalue weighted by atomic mass is 19.4. The number of nitrogens with zero attached hydrogens (tertiary/aromatic N) is 1. The Kier molecular flexibility index (Phi) is 3.40. The van der Waals surface area contributed by atoms with Gasteiger partial charge in [0.25, 0.3) is 0 Å². The number of benzene rings is 1. The molecule has 94 valence electrons. The highest BCUT2D eigenvalue weighted by Crippen LogP contribution is 2.32. The van der Waals surface area contributed by atoms with Gasteiger partial charge in [0.05, 0.1) is 5.56 Å². The standard InChI is InChI=1S/C12H15F3N2/c13-12(14,15)11-4-2-1-3-9(11)7-17-6-5-10(16)8-17/h1-4,10H,5-8,16H2/t10-/m1/s1.